The van der Waals surface area contributed by atoms with Gasteiger partial charge in [-0.05, 0) is 32.0 Å². The molecule has 0 unspecified atom stereocenters. The second-order valence-electron chi connectivity index (χ2n) is 5.74. The standard InChI is InChI=1S/C18H19N5O3S/c1-11-16(27-12(2)21-11)14-6-7-15(24)23(22-14)10-9-19-17(25)13-5-4-8-20-18(13)26-3/h4-8H,9-10H2,1-3H3,(H,19,25). The molecule has 3 rings (SSSR count). The molecule has 0 saturated carbocycles. The Kier molecular flexibility index (Phi) is 5.60. The summed E-state index contributed by atoms with van der Waals surface area (Å²) in [6, 6.07) is 6.45. The van der Waals surface area contributed by atoms with E-state index < -0.39 is 0 Å². The molecule has 3 heterocycles. The Hall–Kier alpha value is -3.07. The van der Waals surface area contributed by atoms with Gasteiger partial charge in [-0.15, -0.1) is 11.3 Å². The maximum Gasteiger partial charge on any atom is 0.266 e. The molecule has 0 aliphatic carbocycles. The van der Waals surface area contributed by atoms with E-state index in [1.807, 2.05) is 13.8 Å². The van der Waals surface area contributed by atoms with E-state index in [-0.39, 0.29) is 30.4 Å². The average molecular weight is 385 g/mol. The summed E-state index contributed by atoms with van der Waals surface area (Å²) in [7, 11) is 1.46. The van der Waals surface area contributed by atoms with E-state index in [1.165, 1.54) is 29.2 Å². The minimum atomic E-state index is -0.321. The number of rotatable bonds is 6. The number of carbonyl (C=O) groups excluding carboxylic acids is 1. The van der Waals surface area contributed by atoms with Gasteiger partial charge in [0.05, 0.1) is 29.2 Å². The van der Waals surface area contributed by atoms with Crippen LogP contribution in [0.3, 0.4) is 0 Å². The van der Waals surface area contributed by atoms with Crippen molar-refractivity contribution in [1.82, 2.24) is 25.1 Å². The van der Waals surface area contributed by atoms with E-state index in [4.69, 9.17) is 4.74 Å². The lowest BCUT2D eigenvalue weighted by Crippen LogP contribution is -2.32. The van der Waals surface area contributed by atoms with Gasteiger partial charge < -0.3 is 10.1 Å². The predicted octanol–water partition coefficient (Wildman–Crippen LogP) is 1.82. The lowest BCUT2D eigenvalue weighted by molar-refractivity contribution is 0.0948. The van der Waals surface area contributed by atoms with Crippen LogP contribution in [0.5, 0.6) is 5.88 Å². The highest BCUT2D eigenvalue weighted by Gasteiger charge is 2.13. The molecule has 0 fully saturated rings. The van der Waals surface area contributed by atoms with Gasteiger partial charge in [0, 0.05) is 18.8 Å². The van der Waals surface area contributed by atoms with Gasteiger partial charge in [0.15, 0.2) is 0 Å². The molecule has 0 radical (unpaired) electrons. The van der Waals surface area contributed by atoms with Crippen LogP contribution in [0.15, 0.2) is 35.3 Å². The molecular weight excluding hydrogens is 366 g/mol. The fourth-order valence-electron chi connectivity index (χ4n) is 2.60. The topological polar surface area (TPSA) is 99.0 Å². The van der Waals surface area contributed by atoms with E-state index in [9.17, 15) is 9.59 Å². The van der Waals surface area contributed by atoms with Gasteiger partial charge >= 0.3 is 0 Å². The Morgan fingerprint density at radius 1 is 1.30 bits per heavy atom. The maximum atomic E-state index is 12.3. The molecule has 0 spiro atoms. The smallest absolute Gasteiger partial charge is 0.266 e. The van der Waals surface area contributed by atoms with Crippen molar-refractivity contribution in [2.75, 3.05) is 13.7 Å². The van der Waals surface area contributed by atoms with Crippen molar-refractivity contribution in [1.29, 1.82) is 0 Å². The van der Waals surface area contributed by atoms with Crippen LogP contribution in [0.25, 0.3) is 10.6 Å². The van der Waals surface area contributed by atoms with Crippen LogP contribution in [0.1, 0.15) is 21.1 Å². The van der Waals surface area contributed by atoms with E-state index in [2.05, 4.69) is 20.4 Å². The largest absolute Gasteiger partial charge is 0.480 e. The van der Waals surface area contributed by atoms with E-state index in [0.717, 1.165) is 15.6 Å². The molecule has 0 aliphatic heterocycles. The minimum absolute atomic E-state index is 0.231. The van der Waals surface area contributed by atoms with Gasteiger partial charge in [0.2, 0.25) is 5.88 Å². The van der Waals surface area contributed by atoms with Crippen molar-refractivity contribution >= 4 is 17.2 Å². The third-order valence-corrected chi connectivity index (χ3v) is 4.92. The zero-order chi connectivity index (χ0) is 19.4. The number of nitrogens with one attached hydrogen (secondary N) is 1. The summed E-state index contributed by atoms with van der Waals surface area (Å²) in [5.41, 5.74) is 1.68. The highest BCUT2D eigenvalue weighted by atomic mass is 32.1. The van der Waals surface area contributed by atoms with E-state index >= 15 is 0 Å². The van der Waals surface area contributed by atoms with Crippen LogP contribution in [0.4, 0.5) is 0 Å². The summed E-state index contributed by atoms with van der Waals surface area (Å²) < 4.78 is 6.42. The number of aromatic nitrogens is 4. The third kappa shape index (κ3) is 4.20. The Morgan fingerprint density at radius 3 is 2.81 bits per heavy atom. The van der Waals surface area contributed by atoms with Crippen LogP contribution in [0.2, 0.25) is 0 Å². The molecule has 3 aromatic rings. The highest BCUT2D eigenvalue weighted by molar-refractivity contribution is 7.15. The fraction of sp³-hybridized carbons (Fsp3) is 0.278. The van der Waals surface area contributed by atoms with E-state index in [0.29, 0.717) is 11.3 Å². The number of methoxy groups -OCH3 is 1. The Morgan fingerprint density at radius 2 is 2.11 bits per heavy atom. The predicted molar refractivity (Wildman–Crippen MR) is 102 cm³/mol. The quantitative estimate of drug-likeness (QED) is 0.695. The number of ether oxygens (including phenoxy) is 1. The Bertz CT molecular complexity index is 1030. The van der Waals surface area contributed by atoms with Crippen LogP contribution >= 0.6 is 11.3 Å². The molecule has 1 amide bonds. The monoisotopic (exact) mass is 385 g/mol. The molecular formula is C18H19N5O3S. The van der Waals surface area contributed by atoms with Crippen molar-refractivity contribution in [3.8, 4) is 16.5 Å². The first-order valence-corrected chi connectivity index (χ1v) is 9.11. The third-order valence-electron chi connectivity index (χ3n) is 3.82. The lowest BCUT2D eigenvalue weighted by atomic mass is 10.2. The second-order valence-corrected chi connectivity index (χ2v) is 6.95. The van der Waals surface area contributed by atoms with Crippen molar-refractivity contribution in [3.63, 3.8) is 0 Å². The molecule has 0 aromatic carbocycles. The van der Waals surface area contributed by atoms with Gasteiger partial charge in [0.1, 0.15) is 11.3 Å². The summed E-state index contributed by atoms with van der Waals surface area (Å²) in [5, 5.41) is 8.11. The van der Waals surface area contributed by atoms with Crippen LogP contribution in [-0.4, -0.2) is 39.3 Å². The molecule has 1 N–H and O–H groups in total. The number of aryl methyl sites for hydroxylation is 2. The number of pyridine rings is 1. The summed E-state index contributed by atoms with van der Waals surface area (Å²) in [4.78, 5) is 33.7. The number of amides is 1. The summed E-state index contributed by atoms with van der Waals surface area (Å²) in [6.07, 6.45) is 1.55. The first kappa shape index (κ1) is 18.7. The van der Waals surface area contributed by atoms with Crippen LogP contribution in [0, 0.1) is 13.8 Å². The molecule has 140 valence electrons. The molecule has 27 heavy (non-hydrogen) atoms. The summed E-state index contributed by atoms with van der Waals surface area (Å²) in [6.45, 7) is 4.34. The van der Waals surface area contributed by atoms with E-state index in [1.54, 1.807) is 24.4 Å². The van der Waals surface area contributed by atoms with Gasteiger partial charge in [-0.2, -0.15) is 5.10 Å². The molecule has 3 aromatic heterocycles. The SMILES string of the molecule is COc1ncccc1C(=O)NCCn1nc(-c2sc(C)nc2C)ccc1=O. The normalized spacial score (nSPS) is 10.6. The number of nitrogens with zero attached hydrogens (tertiary/aromatic N) is 4. The number of hydrogen-bond acceptors (Lipinski definition) is 7. The second kappa shape index (κ2) is 8.09. The van der Waals surface area contributed by atoms with Crippen molar-refractivity contribution < 1.29 is 9.53 Å². The Labute approximate surface area is 159 Å². The van der Waals surface area contributed by atoms with Gasteiger partial charge in [-0.1, -0.05) is 0 Å². The summed E-state index contributed by atoms with van der Waals surface area (Å²) in [5.74, 6) is -0.0681. The number of carbonyl (C=O) groups is 1. The van der Waals surface area contributed by atoms with Crippen LogP contribution in [-0.2, 0) is 6.54 Å². The fourth-order valence-corrected chi connectivity index (χ4v) is 3.48. The van der Waals surface area contributed by atoms with Crippen LogP contribution < -0.4 is 15.6 Å². The maximum absolute atomic E-state index is 12.3. The molecule has 0 bridgehead atoms. The van der Waals surface area contributed by atoms with Crippen molar-refractivity contribution in [3.05, 3.63) is 57.1 Å². The molecule has 8 nitrogen and oxygen atoms in total. The average Bonchev–Trinajstić information content (AvgIpc) is 3.01. The van der Waals surface area contributed by atoms with Gasteiger partial charge in [-0.25, -0.2) is 14.6 Å². The highest BCUT2D eigenvalue weighted by Crippen LogP contribution is 2.27. The molecule has 0 aliphatic rings. The number of hydrogen-bond donors (Lipinski definition) is 1. The van der Waals surface area contributed by atoms with Crippen molar-refractivity contribution in [2.45, 2.75) is 20.4 Å². The first-order chi connectivity index (χ1) is 13.0. The number of thiazole rings is 1. The Balaban J connectivity index is 1.71. The van der Waals surface area contributed by atoms with Crippen molar-refractivity contribution in [2.24, 2.45) is 0 Å². The zero-order valence-electron chi connectivity index (χ0n) is 15.2. The molecule has 9 heteroatoms. The minimum Gasteiger partial charge on any atom is -0.480 e. The first-order valence-electron chi connectivity index (χ1n) is 8.29. The lowest BCUT2D eigenvalue weighted by Gasteiger charge is -2.09. The molecule has 0 atom stereocenters. The zero-order valence-corrected chi connectivity index (χ0v) is 16.0. The summed E-state index contributed by atoms with van der Waals surface area (Å²) >= 11 is 1.53. The molecule has 0 saturated heterocycles. The van der Waals surface area contributed by atoms with Gasteiger partial charge in [-0.3, -0.25) is 9.59 Å². The van der Waals surface area contributed by atoms with Gasteiger partial charge in [0.25, 0.3) is 11.5 Å².